The van der Waals surface area contributed by atoms with E-state index in [1.165, 1.54) is 11.1 Å². The molecule has 1 aliphatic carbocycles. The van der Waals surface area contributed by atoms with Gasteiger partial charge in [0.1, 0.15) is 11.5 Å². The molecular formula is C19H26BrNO2. The average molecular weight is 380 g/mol. The van der Waals surface area contributed by atoms with Gasteiger partial charge in [0.25, 0.3) is 0 Å². The van der Waals surface area contributed by atoms with Gasteiger partial charge >= 0.3 is 0 Å². The summed E-state index contributed by atoms with van der Waals surface area (Å²) in [5.74, 6) is 0.897. The maximum atomic E-state index is 12.6. The minimum absolute atomic E-state index is 0. The zero-order valence-electron chi connectivity index (χ0n) is 13.8. The van der Waals surface area contributed by atoms with Crippen molar-refractivity contribution in [3.63, 3.8) is 0 Å². The Kier molecular flexibility index (Phi) is 4.58. The van der Waals surface area contributed by atoms with E-state index in [0.717, 1.165) is 51.5 Å². The average Bonchev–Trinajstić information content (AvgIpc) is 2.84. The van der Waals surface area contributed by atoms with Gasteiger partial charge in [0.2, 0.25) is 0 Å². The van der Waals surface area contributed by atoms with E-state index in [2.05, 4.69) is 17.9 Å². The summed E-state index contributed by atoms with van der Waals surface area (Å²) in [6, 6.07) is 6.74. The summed E-state index contributed by atoms with van der Waals surface area (Å²) in [5.41, 5.74) is 2.63. The second kappa shape index (κ2) is 6.21. The number of fused-ring (bicyclic) bond motifs is 5. The zero-order chi connectivity index (χ0) is 15.3. The molecule has 2 fully saturated rings. The molecule has 3 nitrogen and oxygen atoms in total. The van der Waals surface area contributed by atoms with Gasteiger partial charge < -0.3 is 5.11 Å². The summed E-state index contributed by atoms with van der Waals surface area (Å²) in [5, 5.41) is 9.72. The standard InChI is InChI=1S/C19H25NO2.BrH/c1-2-9-19-10-7-16-15-4-3-14(21)12-13(15)8-11-20(16)17(19)5-6-18(19)22;/h3-4,12,16-17,21H,2,5-11H2,1H3;1H. The Hall–Kier alpha value is -0.870. The van der Waals surface area contributed by atoms with Gasteiger partial charge in [-0.2, -0.15) is 0 Å². The summed E-state index contributed by atoms with van der Waals surface area (Å²) in [7, 11) is 0. The second-order valence-electron chi connectivity index (χ2n) is 7.31. The van der Waals surface area contributed by atoms with Crippen LogP contribution >= 0.6 is 17.0 Å². The molecule has 23 heavy (non-hydrogen) atoms. The highest BCUT2D eigenvalue weighted by molar-refractivity contribution is 8.93. The molecule has 2 heterocycles. The molecular weight excluding hydrogens is 354 g/mol. The lowest BCUT2D eigenvalue weighted by atomic mass is 9.67. The van der Waals surface area contributed by atoms with Gasteiger partial charge in [-0.05, 0) is 55.4 Å². The SMILES string of the molecule is Br.CCCC12CCC3c4ccc(O)cc4CCN3C1CCC2=O. The quantitative estimate of drug-likeness (QED) is 0.837. The summed E-state index contributed by atoms with van der Waals surface area (Å²) < 4.78 is 0. The molecule has 3 unspecified atom stereocenters. The smallest absolute Gasteiger partial charge is 0.140 e. The van der Waals surface area contributed by atoms with Crippen molar-refractivity contribution in [2.24, 2.45) is 5.41 Å². The highest BCUT2D eigenvalue weighted by atomic mass is 79.9. The van der Waals surface area contributed by atoms with Crippen LogP contribution in [-0.4, -0.2) is 28.4 Å². The Morgan fingerprint density at radius 2 is 2.13 bits per heavy atom. The number of benzene rings is 1. The van der Waals surface area contributed by atoms with E-state index in [1.807, 2.05) is 12.1 Å². The Bertz CT molecular complexity index is 617. The summed E-state index contributed by atoms with van der Waals surface area (Å²) >= 11 is 0. The molecule has 1 aromatic carbocycles. The molecule has 0 aromatic heterocycles. The van der Waals surface area contributed by atoms with Crippen molar-refractivity contribution < 1.29 is 9.90 Å². The van der Waals surface area contributed by atoms with E-state index < -0.39 is 0 Å². The van der Waals surface area contributed by atoms with Crippen molar-refractivity contribution in [2.75, 3.05) is 6.54 Å². The molecule has 0 amide bonds. The first-order valence-corrected chi connectivity index (χ1v) is 8.76. The van der Waals surface area contributed by atoms with Gasteiger partial charge in [0, 0.05) is 30.5 Å². The van der Waals surface area contributed by atoms with Crippen LogP contribution in [0.15, 0.2) is 18.2 Å². The molecule has 0 bridgehead atoms. The number of halogens is 1. The Labute approximate surface area is 148 Å². The Morgan fingerprint density at radius 1 is 1.30 bits per heavy atom. The minimum Gasteiger partial charge on any atom is -0.508 e. The van der Waals surface area contributed by atoms with E-state index in [1.54, 1.807) is 0 Å². The van der Waals surface area contributed by atoms with Gasteiger partial charge in [-0.1, -0.05) is 19.4 Å². The number of rotatable bonds is 2. The number of phenolic OH excluding ortho intramolecular Hbond substituents is 1. The monoisotopic (exact) mass is 379 g/mol. The minimum atomic E-state index is -0.0559. The van der Waals surface area contributed by atoms with Gasteiger partial charge in [-0.15, -0.1) is 17.0 Å². The lowest BCUT2D eigenvalue weighted by molar-refractivity contribution is -0.132. The number of phenols is 1. The van der Waals surface area contributed by atoms with Crippen LogP contribution in [0.3, 0.4) is 0 Å². The van der Waals surface area contributed by atoms with E-state index >= 15 is 0 Å². The van der Waals surface area contributed by atoms with E-state index in [9.17, 15) is 9.90 Å². The van der Waals surface area contributed by atoms with Crippen LogP contribution in [0.25, 0.3) is 0 Å². The summed E-state index contributed by atoms with van der Waals surface area (Å²) in [4.78, 5) is 15.3. The topological polar surface area (TPSA) is 40.5 Å². The molecule has 0 spiro atoms. The number of nitrogens with zero attached hydrogens (tertiary/aromatic N) is 1. The number of hydrogen-bond acceptors (Lipinski definition) is 3. The van der Waals surface area contributed by atoms with Gasteiger partial charge in [0.15, 0.2) is 0 Å². The maximum Gasteiger partial charge on any atom is 0.140 e. The fourth-order valence-corrected chi connectivity index (χ4v) is 5.45. The van der Waals surface area contributed by atoms with Crippen molar-refractivity contribution in [3.05, 3.63) is 29.3 Å². The molecule has 2 aliphatic heterocycles. The number of Topliss-reactive ketones (excluding diaryl/α,β-unsaturated/α-hetero) is 1. The predicted octanol–water partition coefficient (Wildman–Crippen LogP) is 4.18. The first-order chi connectivity index (χ1) is 10.7. The largest absolute Gasteiger partial charge is 0.508 e. The highest BCUT2D eigenvalue weighted by Crippen LogP contribution is 2.54. The van der Waals surface area contributed by atoms with Crippen LogP contribution in [-0.2, 0) is 11.2 Å². The van der Waals surface area contributed by atoms with Crippen LogP contribution in [0.1, 0.15) is 62.6 Å². The Morgan fingerprint density at radius 3 is 2.91 bits per heavy atom. The molecule has 1 saturated heterocycles. The van der Waals surface area contributed by atoms with E-state index in [-0.39, 0.29) is 22.4 Å². The number of carbonyl (C=O) groups excluding carboxylic acids is 1. The third-order valence-corrected chi connectivity index (χ3v) is 6.32. The van der Waals surface area contributed by atoms with Gasteiger partial charge in [-0.25, -0.2) is 0 Å². The van der Waals surface area contributed by atoms with Crippen molar-refractivity contribution in [2.45, 2.75) is 64.0 Å². The van der Waals surface area contributed by atoms with Gasteiger partial charge in [-0.3, -0.25) is 9.69 Å². The molecule has 4 rings (SSSR count). The molecule has 1 saturated carbocycles. The normalized spacial score (nSPS) is 32.7. The molecule has 126 valence electrons. The van der Waals surface area contributed by atoms with Gasteiger partial charge in [0.05, 0.1) is 0 Å². The summed E-state index contributed by atoms with van der Waals surface area (Å²) in [6.45, 7) is 3.24. The molecule has 0 radical (unpaired) electrons. The summed E-state index contributed by atoms with van der Waals surface area (Å²) in [6.07, 6.45) is 7.10. The Balaban J connectivity index is 0.00000156. The van der Waals surface area contributed by atoms with Crippen LogP contribution < -0.4 is 0 Å². The number of aromatic hydroxyl groups is 1. The number of ketones is 1. The van der Waals surface area contributed by atoms with Crippen LogP contribution in [0.2, 0.25) is 0 Å². The molecule has 1 N–H and O–H groups in total. The maximum absolute atomic E-state index is 12.6. The number of piperidine rings is 1. The lowest BCUT2D eigenvalue weighted by Crippen LogP contribution is -2.54. The van der Waals surface area contributed by atoms with Crippen LogP contribution in [0.5, 0.6) is 5.75 Å². The van der Waals surface area contributed by atoms with Crippen molar-refractivity contribution >= 4 is 22.8 Å². The zero-order valence-corrected chi connectivity index (χ0v) is 15.5. The number of carbonyl (C=O) groups is 1. The molecule has 3 atom stereocenters. The number of hydrogen-bond donors (Lipinski definition) is 1. The fraction of sp³-hybridized carbons (Fsp3) is 0.632. The first kappa shape index (κ1) is 17.0. The highest BCUT2D eigenvalue weighted by Gasteiger charge is 2.55. The predicted molar refractivity (Wildman–Crippen MR) is 96.2 cm³/mol. The lowest BCUT2D eigenvalue weighted by Gasteiger charge is -2.52. The van der Waals surface area contributed by atoms with E-state index in [0.29, 0.717) is 23.6 Å². The molecule has 4 heteroatoms. The molecule has 1 aromatic rings. The third kappa shape index (κ3) is 2.45. The first-order valence-electron chi connectivity index (χ1n) is 8.76. The van der Waals surface area contributed by atoms with E-state index in [4.69, 9.17) is 0 Å². The van der Waals surface area contributed by atoms with Crippen molar-refractivity contribution in [3.8, 4) is 5.75 Å². The molecule has 3 aliphatic rings. The third-order valence-electron chi connectivity index (χ3n) is 6.32. The van der Waals surface area contributed by atoms with Crippen molar-refractivity contribution in [1.29, 1.82) is 0 Å². The van der Waals surface area contributed by atoms with Crippen LogP contribution in [0, 0.1) is 5.41 Å². The van der Waals surface area contributed by atoms with Crippen LogP contribution in [0.4, 0.5) is 0 Å². The second-order valence-corrected chi connectivity index (χ2v) is 7.31. The van der Waals surface area contributed by atoms with Crippen molar-refractivity contribution in [1.82, 2.24) is 4.90 Å². The fourth-order valence-electron chi connectivity index (χ4n) is 5.45.